The molecular formula is C17H17F3N2O2. The molecule has 1 amide bonds. The van der Waals surface area contributed by atoms with Gasteiger partial charge in [-0.1, -0.05) is 36.4 Å². The molecule has 0 saturated heterocycles. The van der Waals surface area contributed by atoms with E-state index >= 15 is 0 Å². The number of aromatic nitrogens is 1. The average molecular weight is 338 g/mol. The van der Waals surface area contributed by atoms with Crippen molar-refractivity contribution in [2.45, 2.75) is 32.1 Å². The zero-order valence-electron chi connectivity index (χ0n) is 13.2. The Morgan fingerprint density at radius 2 is 1.75 bits per heavy atom. The molecule has 0 aliphatic carbocycles. The lowest BCUT2D eigenvalue weighted by Gasteiger charge is -2.35. The minimum Gasteiger partial charge on any atom is -0.465 e. The van der Waals surface area contributed by atoms with Crippen LogP contribution in [-0.4, -0.2) is 27.3 Å². The third-order valence-corrected chi connectivity index (χ3v) is 3.76. The highest BCUT2D eigenvalue weighted by Gasteiger charge is 2.48. The summed E-state index contributed by atoms with van der Waals surface area (Å²) in [6.45, 7) is 3.08. The van der Waals surface area contributed by atoms with E-state index in [4.69, 9.17) is 0 Å². The van der Waals surface area contributed by atoms with E-state index in [0.29, 0.717) is 16.2 Å². The van der Waals surface area contributed by atoms with E-state index in [1.807, 2.05) is 0 Å². The van der Waals surface area contributed by atoms with Gasteiger partial charge in [0.15, 0.2) is 6.04 Å². The second-order valence-electron chi connectivity index (χ2n) is 5.45. The van der Waals surface area contributed by atoms with E-state index in [1.165, 1.54) is 19.1 Å². The van der Waals surface area contributed by atoms with Crippen LogP contribution in [0.5, 0.6) is 0 Å². The SMILES string of the molecule is Cc1ccc([C@H](N(C(=O)O)[C@H](C)c2ccccc2)C(F)(F)F)cn1. The molecule has 1 aromatic heterocycles. The van der Waals surface area contributed by atoms with Crippen molar-refractivity contribution >= 4 is 6.09 Å². The van der Waals surface area contributed by atoms with Gasteiger partial charge in [0.1, 0.15) is 0 Å². The Kier molecular flexibility index (Phi) is 5.11. The summed E-state index contributed by atoms with van der Waals surface area (Å²) < 4.78 is 41.0. The highest BCUT2D eigenvalue weighted by Crippen LogP contribution is 2.41. The molecule has 2 atom stereocenters. The lowest BCUT2D eigenvalue weighted by atomic mass is 10.0. The van der Waals surface area contributed by atoms with E-state index in [-0.39, 0.29) is 5.56 Å². The van der Waals surface area contributed by atoms with Gasteiger partial charge in [-0.05, 0) is 25.5 Å². The number of benzene rings is 1. The lowest BCUT2D eigenvalue weighted by molar-refractivity contribution is -0.185. The molecule has 4 nitrogen and oxygen atoms in total. The Morgan fingerprint density at radius 1 is 1.12 bits per heavy atom. The largest absolute Gasteiger partial charge is 0.465 e. The van der Waals surface area contributed by atoms with Gasteiger partial charge in [-0.3, -0.25) is 9.88 Å². The van der Waals surface area contributed by atoms with Crippen LogP contribution < -0.4 is 0 Å². The molecule has 0 spiro atoms. The molecule has 1 N–H and O–H groups in total. The van der Waals surface area contributed by atoms with E-state index < -0.39 is 24.4 Å². The van der Waals surface area contributed by atoms with Gasteiger partial charge in [-0.2, -0.15) is 13.2 Å². The first kappa shape index (κ1) is 17.8. The first-order valence-electron chi connectivity index (χ1n) is 7.27. The topological polar surface area (TPSA) is 53.4 Å². The summed E-state index contributed by atoms with van der Waals surface area (Å²) in [5, 5.41) is 9.46. The van der Waals surface area contributed by atoms with Crippen molar-refractivity contribution < 1.29 is 23.1 Å². The van der Waals surface area contributed by atoms with Crippen LogP contribution in [-0.2, 0) is 0 Å². The number of hydrogen-bond donors (Lipinski definition) is 1. The van der Waals surface area contributed by atoms with Crippen LogP contribution >= 0.6 is 0 Å². The van der Waals surface area contributed by atoms with Gasteiger partial charge in [0, 0.05) is 17.5 Å². The highest BCUT2D eigenvalue weighted by atomic mass is 19.4. The number of rotatable bonds is 4. The summed E-state index contributed by atoms with van der Waals surface area (Å²) in [5.41, 5.74) is 0.824. The van der Waals surface area contributed by atoms with Gasteiger partial charge < -0.3 is 5.11 Å². The van der Waals surface area contributed by atoms with Crippen molar-refractivity contribution in [2.24, 2.45) is 0 Å². The van der Waals surface area contributed by atoms with E-state index in [2.05, 4.69) is 4.98 Å². The van der Waals surface area contributed by atoms with Crippen molar-refractivity contribution in [1.82, 2.24) is 9.88 Å². The zero-order valence-corrected chi connectivity index (χ0v) is 13.2. The van der Waals surface area contributed by atoms with Gasteiger partial charge >= 0.3 is 12.3 Å². The predicted octanol–water partition coefficient (Wildman–Crippen LogP) is 4.73. The van der Waals surface area contributed by atoms with Crippen molar-refractivity contribution in [1.29, 1.82) is 0 Å². The Hall–Kier alpha value is -2.57. The monoisotopic (exact) mass is 338 g/mol. The number of hydrogen-bond acceptors (Lipinski definition) is 2. The van der Waals surface area contributed by atoms with Crippen LogP contribution in [0.2, 0.25) is 0 Å². The van der Waals surface area contributed by atoms with Crippen LogP contribution in [0.4, 0.5) is 18.0 Å². The summed E-state index contributed by atoms with van der Waals surface area (Å²) in [6, 6.07) is 7.64. The number of amides is 1. The number of aryl methyl sites for hydroxylation is 1. The molecule has 1 aromatic carbocycles. The smallest absolute Gasteiger partial charge is 0.413 e. The van der Waals surface area contributed by atoms with Gasteiger partial charge in [0.25, 0.3) is 0 Å². The Balaban J connectivity index is 2.51. The fraction of sp³-hybridized carbons (Fsp3) is 0.294. The maximum absolute atomic E-state index is 13.7. The van der Waals surface area contributed by atoms with E-state index in [1.54, 1.807) is 37.3 Å². The van der Waals surface area contributed by atoms with Crippen LogP contribution in [0, 0.1) is 6.92 Å². The summed E-state index contributed by atoms with van der Waals surface area (Å²) in [6.07, 6.45) is -5.34. The number of alkyl halides is 3. The molecule has 7 heteroatoms. The maximum Gasteiger partial charge on any atom is 0.413 e. The molecule has 0 unspecified atom stereocenters. The number of carboxylic acid groups (broad SMARTS) is 1. The van der Waals surface area contributed by atoms with Gasteiger partial charge in [0.05, 0.1) is 6.04 Å². The third-order valence-electron chi connectivity index (χ3n) is 3.76. The molecule has 0 fully saturated rings. The molecule has 0 saturated carbocycles. The molecule has 2 aromatic rings. The number of nitrogens with zero attached hydrogens (tertiary/aromatic N) is 2. The number of carbonyl (C=O) groups is 1. The minimum absolute atomic E-state index is 0.210. The maximum atomic E-state index is 13.7. The Morgan fingerprint density at radius 3 is 2.21 bits per heavy atom. The normalized spacial score (nSPS) is 14.0. The van der Waals surface area contributed by atoms with Crippen molar-refractivity contribution in [3.8, 4) is 0 Å². The fourth-order valence-corrected chi connectivity index (χ4v) is 2.54. The van der Waals surface area contributed by atoms with E-state index in [0.717, 1.165) is 6.20 Å². The van der Waals surface area contributed by atoms with Gasteiger partial charge in [-0.15, -0.1) is 0 Å². The van der Waals surface area contributed by atoms with E-state index in [9.17, 15) is 23.1 Å². The molecular weight excluding hydrogens is 321 g/mol. The number of pyridine rings is 1. The van der Waals surface area contributed by atoms with Crippen LogP contribution in [0.1, 0.15) is 35.8 Å². The van der Waals surface area contributed by atoms with Crippen molar-refractivity contribution in [3.05, 3.63) is 65.5 Å². The van der Waals surface area contributed by atoms with Crippen LogP contribution in [0.15, 0.2) is 48.7 Å². The molecule has 0 bridgehead atoms. The molecule has 1 heterocycles. The van der Waals surface area contributed by atoms with Gasteiger partial charge in [0.2, 0.25) is 0 Å². The quantitative estimate of drug-likeness (QED) is 0.876. The first-order valence-corrected chi connectivity index (χ1v) is 7.27. The molecule has 128 valence electrons. The first-order chi connectivity index (χ1) is 11.2. The van der Waals surface area contributed by atoms with Crippen molar-refractivity contribution in [3.63, 3.8) is 0 Å². The third kappa shape index (κ3) is 3.84. The zero-order chi connectivity index (χ0) is 17.9. The molecule has 24 heavy (non-hydrogen) atoms. The fourth-order valence-electron chi connectivity index (χ4n) is 2.54. The molecule has 0 aliphatic heterocycles. The summed E-state index contributed by atoms with van der Waals surface area (Å²) in [7, 11) is 0. The summed E-state index contributed by atoms with van der Waals surface area (Å²) in [5.74, 6) is 0. The minimum atomic E-state index is -4.77. The standard InChI is InChI=1S/C17H17F3N2O2/c1-11-8-9-14(10-21-11)15(17(18,19)20)22(16(23)24)12(2)13-6-4-3-5-7-13/h3-10,12,15H,1-2H3,(H,23,24)/t12-,15+/m1/s1. The van der Waals surface area contributed by atoms with Crippen LogP contribution in [0.25, 0.3) is 0 Å². The summed E-state index contributed by atoms with van der Waals surface area (Å²) >= 11 is 0. The molecule has 2 rings (SSSR count). The average Bonchev–Trinajstić information content (AvgIpc) is 2.52. The summed E-state index contributed by atoms with van der Waals surface area (Å²) in [4.78, 5) is 15.9. The number of halogens is 3. The van der Waals surface area contributed by atoms with Gasteiger partial charge in [-0.25, -0.2) is 4.79 Å². The highest BCUT2D eigenvalue weighted by molar-refractivity contribution is 5.67. The van der Waals surface area contributed by atoms with Crippen molar-refractivity contribution in [2.75, 3.05) is 0 Å². The lowest BCUT2D eigenvalue weighted by Crippen LogP contribution is -2.43. The predicted molar refractivity (Wildman–Crippen MR) is 82.5 cm³/mol. The molecule has 0 radical (unpaired) electrons. The Labute approximate surface area is 137 Å². The molecule has 0 aliphatic rings. The van der Waals surface area contributed by atoms with Crippen LogP contribution in [0.3, 0.4) is 0 Å². The Bertz CT molecular complexity index is 687. The second kappa shape index (κ2) is 6.90. The second-order valence-corrected chi connectivity index (χ2v) is 5.45.